The van der Waals surface area contributed by atoms with Crippen LogP contribution in [0.25, 0.3) is 0 Å². The Labute approximate surface area is 51.0 Å². The van der Waals surface area contributed by atoms with Gasteiger partial charge in [-0.15, -0.1) is 0 Å². The zero-order valence-electron chi connectivity index (χ0n) is 2.05. The summed E-state index contributed by atoms with van der Waals surface area (Å²) in [6, 6.07) is 0. The Morgan fingerprint density at radius 2 is 0.600 bits per heavy atom. The van der Waals surface area contributed by atoms with Gasteiger partial charge in [0.15, 0.2) is 0 Å². The normalized spacial score (nSPS) is 0. The summed E-state index contributed by atoms with van der Waals surface area (Å²) in [4.78, 5) is 0. The number of hydrogen-bond acceptors (Lipinski definition) is 3. The molecule has 1 radical (unpaired) electrons. The molecule has 37 valence electrons. The molecule has 0 amide bonds. The van der Waals surface area contributed by atoms with E-state index in [2.05, 4.69) is 0 Å². The van der Waals surface area contributed by atoms with Crippen LogP contribution in [0, 0.1) is 0 Å². The number of hydrogen-bond donors (Lipinski definition) is 0. The molecule has 3 nitrogen and oxygen atoms in total. The van der Waals surface area contributed by atoms with E-state index < -0.39 is 0 Å². The average molecular weight is 163 g/mol. The predicted molar refractivity (Wildman–Crippen MR) is 5.81 cm³/mol. The van der Waals surface area contributed by atoms with Gasteiger partial charge in [0.25, 0.3) is 0 Å². The SMILES string of the molecule is [Fe+3].[Fe].[OH-].[OH-].[OH-]. The summed E-state index contributed by atoms with van der Waals surface area (Å²) in [5.41, 5.74) is 0. The Bertz CT molecular complexity index is 4.85. The van der Waals surface area contributed by atoms with Crippen molar-refractivity contribution in [3.63, 3.8) is 0 Å². The van der Waals surface area contributed by atoms with Crippen LogP contribution < -0.4 is 0 Å². The maximum atomic E-state index is 0. The van der Waals surface area contributed by atoms with Gasteiger partial charge in [-0.05, 0) is 0 Å². The molecule has 0 saturated carbocycles. The third-order valence-corrected chi connectivity index (χ3v) is 0. The smallest absolute Gasteiger partial charge is 0.870 e. The molecule has 0 heterocycles. The first kappa shape index (κ1) is 170. The van der Waals surface area contributed by atoms with Crippen LogP contribution >= 0.6 is 0 Å². The molecule has 0 fully saturated rings. The summed E-state index contributed by atoms with van der Waals surface area (Å²) in [5, 5.41) is 0. The van der Waals surface area contributed by atoms with E-state index in [-0.39, 0.29) is 50.6 Å². The van der Waals surface area contributed by atoms with E-state index in [1.54, 1.807) is 0 Å². The van der Waals surface area contributed by atoms with Crippen molar-refractivity contribution in [3.8, 4) is 0 Å². The van der Waals surface area contributed by atoms with Gasteiger partial charge in [0.2, 0.25) is 0 Å². The van der Waals surface area contributed by atoms with Crippen LogP contribution in [0.2, 0.25) is 0 Å². The quantitative estimate of drug-likeness (QED) is 0.449. The monoisotopic (exact) mass is 163 g/mol. The molecule has 0 aromatic rings. The molecule has 0 aliphatic heterocycles. The molecule has 0 bridgehead atoms. The second-order valence-electron chi connectivity index (χ2n) is 0. The molecule has 5 heteroatoms. The summed E-state index contributed by atoms with van der Waals surface area (Å²) in [5.74, 6) is 0. The molecule has 3 N–H and O–H groups in total. The van der Waals surface area contributed by atoms with Gasteiger partial charge in [0, 0.05) is 17.1 Å². The van der Waals surface area contributed by atoms with Crippen molar-refractivity contribution in [2.75, 3.05) is 0 Å². The summed E-state index contributed by atoms with van der Waals surface area (Å²) in [6.45, 7) is 0. The Kier molecular flexibility index (Phi) is 3030. The van der Waals surface area contributed by atoms with E-state index in [9.17, 15) is 0 Å². The van der Waals surface area contributed by atoms with Crippen molar-refractivity contribution >= 4 is 0 Å². The van der Waals surface area contributed by atoms with E-state index in [0.29, 0.717) is 0 Å². The van der Waals surface area contributed by atoms with Crippen LogP contribution in [0.5, 0.6) is 0 Å². The average Bonchev–Trinajstić information content (AvgIpc) is 0. The molecule has 0 aromatic carbocycles. The topological polar surface area (TPSA) is 90.0 Å². The van der Waals surface area contributed by atoms with Crippen LogP contribution in [0.3, 0.4) is 0 Å². The van der Waals surface area contributed by atoms with E-state index in [4.69, 9.17) is 0 Å². The number of rotatable bonds is 0. The zero-order chi connectivity index (χ0) is 0. The minimum Gasteiger partial charge on any atom is -0.870 e. The summed E-state index contributed by atoms with van der Waals surface area (Å²) < 4.78 is 0. The summed E-state index contributed by atoms with van der Waals surface area (Å²) >= 11 is 0. The van der Waals surface area contributed by atoms with Gasteiger partial charge >= 0.3 is 17.1 Å². The second-order valence-corrected chi connectivity index (χ2v) is 0. The third kappa shape index (κ3) is 49.6. The fraction of sp³-hybridized carbons (Fsp3) is 0. The molecular formula is H3Fe2O3. The maximum absolute atomic E-state index is 0. The van der Waals surface area contributed by atoms with Gasteiger partial charge < -0.3 is 16.4 Å². The molecular weight excluding hydrogens is 160 g/mol. The van der Waals surface area contributed by atoms with Crippen molar-refractivity contribution < 1.29 is 50.6 Å². The first-order valence-corrected chi connectivity index (χ1v) is 0. The molecule has 0 aliphatic rings. The van der Waals surface area contributed by atoms with Gasteiger partial charge in [-0.1, -0.05) is 0 Å². The Balaban J connectivity index is 0. The van der Waals surface area contributed by atoms with E-state index >= 15 is 0 Å². The first-order chi connectivity index (χ1) is 0. The van der Waals surface area contributed by atoms with E-state index in [1.807, 2.05) is 0 Å². The van der Waals surface area contributed by atoms with Gasteiger partial charge in [0.05, 0.1) is 0 Å². The van der Waals surface area contributed by atoms with E-state index in [0.717, 1.165) is 0 Å². The van der Waals surface area contributed by atoms with Crippen molar-refractivity contribution in [3.05, 3.63) is 0 Å². The molecule has 0 rings (SSSR count). The molecule has 0 saturated heterocycles. The fourth-order valence-corrected chi connectivity index (χ4v) is 0. The van der Waals surface area contributed by atoms with Crippen molar-refractivity contribution in [2.45, 2.75) is 0 Å². The largest absolute Gasteiger partial charge is 3.00 e. The summed E-state index contributed by atoms with van der Waals surface area (Å²) in [6.07, 6.45) is 0. The molecule has 0 atom stereocenters. The van der Waals surface area contributed by atoms with Crippen LogP contribution in [0.15, 0.2) is 0 Å². The molecule has 0 unspecified atom stereocenters. The van der Waals surface area contributed by atoms with Crippen LogP contribution in [-0.4, -0.2) is 16.4 Å². The van der Waals surface area contributed by atoms with Gasteiger partial charge in [-0.2, -0.15) is 0 Å². The molecule has 5 heavy (non-hydrogen) atoms. The maximum Gasteiger partial charge on any atom is 3.00 e. The van der Waals surface area contributed by atoms with Crippen LogP contribution in [0.4, 0.5) is 0 Å². The third-order valence-electron chi connectivity index (χ3n) is 0. The Hall–Kier alpha value is 0.919. The predicted octanol–water partition coefficient (Wildman–Crippen LogP) is -0.535. The molecule has 0 spiro atoms. The van der Waals surface area contributed by atoms with Gasteiger partial charge in [-0.3, -0.25) is 0 Å². The Morgan fingerprint density at radius 1 is 0.600 bits per heavy atom. The fourth-order valence-electron chi connectivity index (χ4n) is 0. The summed E-state index contributed by atoms with van der Waals surface area (Å²) in [7, 11) is 0. The second kappa shape index (κ2) is 89.5. The van der Waals surface area contributed by atoms with Gasteiger partial charge in [0.1, 0.15) is 0 Å². The van der Waals surface area contributed by atoms with Crippen molar-refractivity contribution in [1.29, 1.82) is 0 Å². The van der Waals surface area contributed by atoms with Crippen LogP contribution in [0.1, 0.15) is 0 Å². The standard InChI is InChI=1S/2Fe.3H2O/h;;3*1H2/q;+3;;;/p-3. The van der Waals surface area contributed by atoms with Crippen molar-refractivity contribution in [2.24, 2.45) is 0 Å². The zero-order valence-corrected chi connectivity index (χ0v) is 4.26. The molecule has 0 aliphatic carbocycles. The Morgan fingerprint density at radius 3 is 0.600 bits per heavy atom. The van der Waals surface area contributed by atoms with Crippen LogP contribution in [-0.2, 0) is 34.1 Å². The minimum absolute atomic E-state index is 0. The van der Waals surface area contributed by atoms with E-state index in [1.165, 1.54) is 0 Å². The minimum atomic E-state index is 0. The first-order valence-electron chi connectivity index (χ1n) is 0. The molecule has 0 aromatic heterocycles. The van der Waals surface area contributed by atoms with Crippen molar-refractivity contribution in [1.82, 2.24) is 0 Å². The van der Waals surface area contributed by atoms with Gasteiger partial charge in [-0.25, -0.2) is 0 Å².